The van der Waals surface area contributed by atoms with Crippen LogP contribution >= 0.6 is 0 Å². The molecule has 0 fully saturated rings. The molecular weight excluding hydrogens is 119 g/mol. The largest absolute Gasteiger partial charge is 0.385 e. The molecule has 0 aromatic carbocycles. The van der Waals surface area contributed by atoms with Crippen molar-refractivity contribution in [2.45, 2.75) is 19.8 Å². The normalized spacial score (nSPS) is 12.0. The number of hydrogen-bond donors (Lipinski definition) is 1. The number of amidine groups is 1. The third kappa shape index (κ3) is 5.27. The molecule has 0 aliphatic rings. The van der Waals surface area contributed by atoms with Crippen LogP contribution in [0, 0.1) is 0 Å². The summed E-state index contributed by atoms with van der Waals surface area (Å²) < 4.78 is 11.6. The molecular formula is C6H13FN2. The van der Waals surface area contributed by atoms with E-state index in [4.69, 9.17) is 5.73 Å². The number of hydrogen-bond acceptors (Lipinski definition) is 1. The zero-order valence-electron chi connectivity index (χ0n) is 5.73. The molecule has 0 atom stereocenters. The molecule has 0 spiro atoms. The van der Waals surface area contributed by atoms with Crippen molar-refractivity contribution in [3.8, 4) is 0 Å². The highest BCUT2D eigenvalue weighted by molar-refractivity contribution is 5.81. The minimum Gasteiger partial charge on any atom is -0.385 e. The molecule has 9 heavy (non-hydrogen) atoms. The summed E-state index contributed by atoms with van der Waals surface area (Å²) in [6, 6.07) is 0. The maximum absolute atomic E-state index is 11.6. The van der Waals surface area contributed by atoms with E-state index in [1.165, 1.54) is 0 Å². The molecule has 0 unspecified atom stereocenters. The summed E-state index contributed by atoms with van der Waals surface area (Å²) >= 11 is 0. The van der Waals surface area contributed by atoms with Crippen molar-refractivity contribution < 1.29 is 4.39 Å². The predicted octanol–water partition coefficient (Wildman–Crippen LogP) is 1.11. The molecule has 0 heterocycles. The molecule has 0 aromatic rings. The van der Waals surface area contributed by atoms with Crippen molar-refractivity contribution in [1.82, 2.24) is 0 Å². The first-order valence-corrected chi connectivity index (χ1v) is 3.16. The molecule has 0 aliphatic carbocycles. The fourth-order valence-electron chi connectivity index (χ4n) is 0.423. The van der Waals surface area contributed by atoms with Gasteiger partial charge < -0.3 is 5.73 Å². The maximum Gasteiger partial charge on any atom is 0.146 e. The van der Waals surface area contributed by atoms with E-state index >= 15 is 0 Å². The summed E-state index contributed by atoms with van der Waals surface area (Å²) in [6.45, 7) is 2.09. The lowest BCUT2D eigenvalue weighted by Gasteiger charge is -1.91. The van der Waals surface area contributed by atoms with Crippen LogP contribution in [0.25, 0.3) is 0 Å². The minimum atomic E-state index is -0.621. The van der Waals surface area contributed by atoms with E-state index in [-0.39, 0.29) is 5.84 Å². The van der Waals surface area contributed by atoms with Gasteiger partial charge in [-0.25, -0.2) is 4.39 Å². The van der Waals surface area contributed by atoms with Gasteiger partial charge in [-0.05, 0) is 6.42 Å². The molecule has 3 heteroatoms. The van der Waals surface area contributed by atoms with Gasteiger partial charge in [0.15, 0.2) is 0 Å². The van der Waals surface area contributed by atoms with Gasteiger partial charge in [0.25, 0.3) is 0 Å². The summed E-state index contributed by atoms with van der Waals surface area (Å²) in [4.78, 5) is 3.75. The molecule has 0 amide bonds. The zero-order valence-corrected chi connectivity index (χ0v) is 5.73. The van der Waals surface area contributed by atoms with Crippen molar-refractivity contribution >= 4 is 5.84 Å². The molecule has 0 radical (unpaired) electrons. The van der Waals surface area contributed by atoms with Crippen LogP contribution in [0.3, 0.4) is 0 Å². The van der Waals surface area contributed by atoms with Crippen LogP contribution in [-0.2, 0) is 0 Å². The van der Waals surface area contributed by atoms with E-state index in [9.17, 15) is 4.39 Å². The standard InChI is InChI=1S/C6H13FN2/c1-2-3-4-9-6(8)5-7/h2-5H2,1H3,(H2,8,9). The highest BCUT2D eigenvalue weighted by Gasteiger charge is 1.86. The van der Waals surface area contributed by atoms with Gasteiger partial charge in [-0.2, -0.15) is 0 Å². The van der Waals surface area contributed by atoms with E-state index in [1.807, 2.05) is 0 Å². The molecule has 0 rings (SSSR count). The van der Waals surface area contributed by atoms with Crippen LogP contribution in [0.2, 0.25) is 0 Å². The first kappa shape index (κ1) is 8.40. The summed E-state index contributed by atoms with van der Waals surface area (Å²) in [5, 5.41) is 0. The number of nitrogens with two attached hydrogens (primary N) is 1. The number of nitrogens with zero attached hydrogens (tertiary/aromatic N) is 1. The smallest absolute Gasteiger partial charge is 0.146 e. The van der Waals surface area contributed by atoms with Crippen LogP contribution in [0.5, 0.6) is 0 Å². The summed E-state index contributed by atoms with van der Waals surface area (Å²) in [7, 11) is 0. The second-order valence-corrected chi connectivity index (χ2v) is 1.86. The van der Waals surface area contributed by atoms with E-state index in [2.05, 4.69) is 11.9 Å². The van der Waals surface area contributed by atoms with E-state index in [1.54, 1.807) is 0 Å². The van der Waals surface area contributed by atoms with Crippen molar-refractivity contribution in [3.05, 3.63) is 0 Å². The molecule has 0 aliphatic heterocycles. The number of unbranched alkanes of at least 4 members (excludes halogenated alkanes) is 1. The average molecular weight is 132 g/mol. The second-order valence-electron chi connectivity index (χ2n) is 1.86. The topological polar surface area (TPSA) is 38.4 Å². The van der Waals surface area contributed by atoms with Crippen LogP contribution in [0.15, 0.2) is 4.99 Å². The van der Waals surface area contributed by atoms with Crippen LogP contribution in [-0.4, -0.2) is 19.1 Å². The fraction of sp³-hybridized carbons (Fsp3) is 0.833. The fourth-order valence-corrected chi connectivity index (χ4v) is 0.423. The van der Waals surface area contributed by atoms with Crippen molar-refractivity contribution in [2.75, 3.05) is 13.2 Å². The van der Waals surface area contributed by atoms with Crippen molar-refractivity contribution in [3.63, 3.8) is 0 Å². The molecule has 54 valence electrons. The van der Waals surface area contributed by atoms with Crippen LogP contribution in [0.1, 0.15) is 19.8 Å². The molecule has 0 aromatic heterocycles. The molecule has 0 saturated heterocycles. The Labute approximate surface area is 55.0 Å². The maximum atomic E-state index is 11.6. The number of aliphatic imine (C=N–C) groups is 1. The Morgan fingerprint density at radius 3 is 2.78 bits per heavy atom. The SMILES string of the molecule is CCCCN=C(N)CF. The van der Waals surface area contributed by atoms with Gasteiger partial charge in [0, 0.05) is 6.54 Å². The first-order valence-electron chi connectivity index (χ1n) is 3.16. The predicted molar refractivity (Wildman–Crippen MR) is 37.4 cm³/mol. The number of alkyl halides is 1. The van der Waals surface area contributed by atoms with E-state index in [0.29, 0.717) is 6.54 Å². The Hall–Kier alpha value is -0.600. The monoisotopic (exact) mass is 132 g/mol. The minimum absolute atomic E-state index is 0.114. The van der Waals surface area contributed by atoms with Gasteiger partial charge >= 0.3 is 0 Å². The first-order chi connectivity index (χ1) is 4.31. The zero-order chi connectivity index (χ0) is 7.11. The summed E-state index contributed by atoms with van der Waals surface area (Å²) in [5.41, 5.74) is 5.09. The van der Waals surface area contributed by atoms with Crippen molar-refractivity contribution in [1.29, 1.82) is 0 Å². The third-order valence-corrected chi connectivity index (χ3v) is 0.963. The lowest BCUT2D eigenvalue weighted by molar-refractivity contribution is 0.577. The van der Waals surface area contributed by atoms with Crippen LogP contribution < -0.4 is 5.73 Å². The highest BCUT2D eigenvalue weighted by atomic mass is 19.1. The Balaban J connectivity index is 3.21. The molecule has 2 N–H and O–H groups in total. The lowest BCUT2D eigenvalue weighted by Crippen LogP contribution is -2.14. The van der Waals surface area contributed by atoms with E-state index < -0.39 is 6.67 Å². The third-order valence-electron chi connectivity index (χ3n) is 0.963. The number of rotatable bonds is 4. The molecule has 0 bridgehead atoms. The second kappa shape index (κ2) is 5.54. The van der Waals surface area contributed by atoms with Gasteiger partial charge in [-0.15, -0.1) is 0 Å². The Morgan fingerprint density at radius 1 is 1.67 bits per heavy atom. The quantitative estimate of drug-likeness (QED) is 0.347. The van der Waals surface area contributed by atoms with Crippen LogP contribution in [0.4, 0.5) is 4.39 Å². The van der Waals surface area contributed by atoms with Gasteiger partial charge in [0.1, 0.15) is 12.5 Å². The lowest BCUT2D eigenvalue weighted by atomic mass is 10.3. The molecule has 0 saturated carbocycles. The van der Waals surface area contributed by atoms with Gasteiger partial charge in [-0.1, -0.05) is 13.3 Å². The molecule has 2 nitrogen and oxygen atoms in total. The summed E-state index contributed by atoms with van der Waals surface area (Å²) in [6.07, 6.45) is 2.06. The summed E-state index contributed by atoms with van der Waals surface area (Å²) in [5.74, 6) is 0.114. The highest BCUT2D eigenvalue weighted by Crippen LogP contribution is 1.86. The van der Waals surface area contributed by atoms with Gasteiger partial charge in [0.2, 0.25) is 0 Å². The average Bonchev–Trinajstić information content (AvgIpc) is 1.89. The van der Waals surface area contributed by atoms with E-state index in [0.717, 1.165) is 12.8 Å². The van der Waals surface area contributed by atoms with Gasteiger partial charge in [0.05, 0.1) is 0 Å². The Morgan fingerprint density at radius 2 is 2.33 bits per heavy atom. The Bertz CT molecular complexity index is 91.1. The Kier molecular flexibility index (Phi) is 5.17. The number of halogens is 1. The van der Waals surface area contributed by atoms with Gasteiger partial charge in [-0.3, -0.25) is 4.99 Å². The van der Waals surface area contributed by atoms with Crippen molar-refractivity contribution in [2.24, 2.45) is 10.7 Å².